The first-order valence-electron chi connectivity index (χ1n) is 13.9. The predicted octanol–water partition coefficient (Wildman–Crippen LogP) is 7.96. The number of rotatable bonds is 25. The monoisotopic (exact) mass is 514 g/mol. The second kappa shape index (κ2) is 22.4. The first-order chi connectivity index (χ1) is 17.0. The summed E-state index contributed by atoms with van der Waals surface area (Å²) in [7, 11) is -4.53. The molecule has 0 aliphatic heterocycles. The topological polar surface area (TPSA) is 85.2 Å². The van der Waals surface area contributed by atoms with Crippen molar-refractivity contribution in [1.29, 1.82) is 0 Å². The lowest BCUT2D eigenvalue weighted by molar-refractivity contribution is -0.0493. The molecule has 2 N–H and O–H groups in total. The molecule has 0 aliphatic carbocycles. The van der Waals surface area contributed by atoms with E-state index in [9.17, 15) is 4.57 Å². The molecule has 1 atom stereocenters. The summed E-state index contributed by atoms with van der Waals surface area (Å²) in [5.41, 5.74) is 0.992. The van der Waals surface area contributed by atoms with Crippen LogP contribution in [0.3, 0.4) is 0 Å². The Morgan fingerprint density at radius 2 is 1.20 bits per heavy atom. The van der Waals surface area contributed by atoms with Gasteiger partial charge < -0.3 is 19.3 Å². The zero-order chi connectivity index (χ0) is 25.5. The van der Waals surface area contributed by atoms with Crippen LogP contribution >= 0.6 is 7.82 Å². The van der Waals surface area contributed by atoms with Gasteiger partial charge in [-0.15, -0.1) is 0 Å². The Morgan fingerprint density at radius 1 is 0.714 bits per heavy atom. The van der Waals surface area contributed by atoms with Gasteiger partial charge in [-0.05, 0) is 12.0 Å². The highest BCUT2D eigenvalue weighted by Crippen LogP contribution is 2.35. The first-order valence-corrected chi connectivity index (χ1v) is 15.5. The summed E-state index contributed by atoms with van der Waals surface area (Å²) in [4.78, 5) is 17.9. The average Bonchev–Trinajstić information content (AvgIpc) is 2.84. The number of phosphoric ester groups is 1. The Kier molecular flexibility index (Phi) is 20.7. The number of phosphoric acid groups is 1. The smallest absolute Gasteiger partial charge is 0.379 e. The molecule has 0 fully saturated rings. The van der Waals surface area contributed by atoms with Gasteiger partial charge in [0.15, 0.2) is 0 Å². The largest absolute Gasteiger partial charge is 0.469 e. The van der Waals surface area contributed by atoms with Crippen LogP contribution in [0.25, 0.3) is 0 Å². The molecular weight excluding hydrogens is 463 g/mol. The van der Waals surface area contributed by atoms with Crippen LogP contribution in [0.4, 0.5) is 0 Å². The fourth-order valence-corrected chi connectivity index (χ4v) is 4.44. The quantitative estimate of drug-likeness (QED) is 0.102. The van der Waals surface area contributed by atoms with E-state index < -0.39 is 13.9 Å². The molecule has 0 saturated heterocycles. The molecule has 35 heavy (non-hydrogen) atoms. The third-order valence-corrected chi connectivity index (χ3v) is 6.69. The van der Waals surface area contributed by atoms with Crippen LogP contribution in [-0.2, 0) is 25.2 Å². The third kappa shape index (κ3) is 22.2. The number of ether oxygens (including phenoxy) is 2. The van der Waals surface area contributed by atoms with Crippen molar-refractivity contribution in [2.45, 2.75) is 122 Å². The van der Waals surface area contributed by atoms with Crippen molar-refractivity contribution in [3.8, 4) is 0 Å². The summed E-state index contributed by atoms with van der Waals surface area (Å²) < 4.78 is 27.1. The maximum Gasteiger partial charge on any atom is 0.469 e. The lowest BCUT2D eigenvalue weighted by atomic mass is 10.0. The second-order valence-corrected chi connectivity index (χ2v) is 10.8. The molecule has 0 heterocycles. The van der Waals surface area contributed by atoms with Crippen molar-refractivity contribution in [3.63, 3.8) is 0 Å². The van der Waals surface area contributed by atoms with Gasteiger partial charge in [0.25, 0.3) is 0 Å². The molecule has 1 aromatic rings. The molecular formula is C28H51O6P. The van der Waals surface area contributed by atoms with Crippen LogP contribution in [0.15, 0.2) is 30.3 Å². The Hall–Kier alpha value is -0.750. The maximum atomic E-state index is 11.0. The Morgan fingerprint density at radius 3 is 1.69 bits per heavy atom. The van der Waals surface area contributed by atoms with Gasteiger partial charge in [0.1, 0.15) is 6.10 Å². The molecule has 0 unspecified atom stereocenters. The van der Waals surface area contributed by atoms with Crippen LogP contribution in [0.2, 0.25) is 0 Å². The molecule has 7 heteroatoms. The van der Waals surface area contributed by atoms with E-state index >= 15 is 0 Å². The number of hydrogen-bond donors (Lipinski definition) is 2. The molecule has 204 valence electrons. The minimum Gasteiger partial charge on any atom is -0.379 e. The standard InChI is InChI=1S/C28H51O6P/c1-2-3-4-5-6-7-8-9-10-11-12-13-14-15-16-20-23-32-25-28(26-34-35(29,30)31)33-24-27-21-18-17-19-22-27/h17-19,21-22,28H,2-16,20,23-26H2,1H3,(H2,29,30,31)/t28-/m1/s1. The van der Waals surface area contributed by atoms with Crippen LogP contribution in [-0.4, -0.2) is 35.7 Å². The molecule has 0 radical (unpaired) electrons. The van der Waals surface area contributed by atoms with Crippen LogP contribution in [0, 0.1) is 0 Å². The van der Waals surface area contributed by atoms with Crippen molar-refractivity contribution in [2.75, 3.05) is 19.8 Å². The summed E-state index contributed by atoms with van der Waals surface area (Å²) in [5.74, 6) is 0. The van der Waals surface area contributed by atoms with Crippen molar-refractivity contribution < 1.29 is 28.3 Å². The van der Waals surface area contributed by atoms with E-state index in [1.54, 1.807) is 0 Å². The van der Waals surface area contributed by atoms with Gasteiger partial charge >= 0.3 is 7.82 Å². The van der Waals surface area contributed by atoms with Crippen molar-refractivity contribution in [1.82, 2.24) is 0 Å². The molecule has 0 amide bonds. The van der Waals surface area contributed by atoms with E-state index in [-0.39, 0.29) is 13.2 Å². The van der Waals surface area contributed by atoms with Crippen molar-refractivity contribution in [3.05, 3.63) is 35.9 Å². The molecule has 6 nitrogen and oxygen atoms in total. The second-order valence-electron chi connectivity index (χ2n) is 9.58. The van der Waals surface area contributed by atoms with E-state index in [2.05, 4.69) is 11.4 Å². The van der Waals surface area contributed by atoms with Gasteiger partial charge in [0, 0.05) is 6.61 Å². The van der Waals surface area contributed by atoms with Gasteiger partial charge in [-0.3, -0.25) is 4.52 Å². The molecule has 0 aliphatic rings. The zero-order valence-electron chi connectivity index (χ0n) is 22.1. The van der Waals surface area contributed by atoms with Crippen molar-refractivity contribution >= 4 is 7.82 Å². The fraction of sp³-hybridized carbons (Fsp3) is 0.786. The lowest BCUT2D eigenvalue weighted by Crippen LogP contribution is -2.25. The summed E-state index contributed by atoms with van der Waals surface area (Å²) in [6, 6.07) is 9.66. The van der Waals surface area contributed by atoms with Crippen LogP contribution in [0.1, 0.15) is 115 Å². The lowest BCUT2D eigenvalue weighted by Gasteiger charge is -2.18. The fourth-order valence-electron chi connectivity index (χ4n) is 4.08. The average molecular weight is 515 g/mol. The van der Waals surface area contributed by atoms with Crippen molar-refractivity contribution in [2.24, 2.45) is 0 Å². The number of hydrogen-bond acceptors (Lipinski definition) is 4. The van der Waals surface area contributed by atoms with E-state index in [0.29, 0.717) is 13.2 Å². The summed E-state index contributed by atoms with van der Waals surface area (Å²) in [6.45, 7) is 3.30. The Labute approximate surface area is 214 Å². The highest BCUT2D eigenvalue weighted by molar-refractivity contribution is 7.46. The zero-order valence-corrected chi connectivity index (χ0v) is 23.0. The third-order valence-electron chi connectivity index (χ3n) is 6.20. The molecule has 1 aromatic carbocycles. The highest BCUT2D eigenvalue weighted by atomic mass is 31.2. The van der Waals surface area contributed by atoms with Gasteiger partial charge in [0.05, 0.1) is 19.8 Å². The molecule has 0 saturated carbocycles. The molecule has 1 rings (SSSR count). The molecule has 0 bridgehead atoms. The Balaban J connectivity index is 1.96. The predicted molar refractivity (Wildman–Crippen MR) is 143 cm³/mol. The van der Waals surface area contributed by atoms with Gasteiger partial charge in [-0.25, -0.2) is 4.57 Å². The van der Waals surface area contributed by atoms with E-state index in [0.717, 1.165) is 18.4 Å². The van der Waals surface area contributed by atoms with Gasteiger partial charge in [0.2, 0.25) is 0 Å². The normalized spacial score (nSPS) is 12.8. The molecule has 0 aromatic heterocycles. The van der Waals surface area contributed by atoms with Crippen LogP contribution in [0.5, 0.6) is 0 Å². The SMILES string of the molecule is CCCCCCCCCCCCCCCCCCOC[C@H](COP(=O)(O)O)OCc1ccccc1. The summed E-state index contributed by atoms with van der Waals surface area (Å²) in [5, 5.41) is 0. The summed E-state index contributed by atoms with van der Waals surface area (Å²) >= 11 is 0. The highest BCUT2D eigenvalue weighted by Gasteiger charge is 2.19. The Bertz CT molecular complexity index is 621. The summed E-state index contributed by atoms with van der Waals surface area (Å²) in [6.07, 6.45) is 20.8. The maximum absolute atomic E-state index is 11.0. The van der Waals surface area contributed by atoms with E-state index in [1.165, 1.54) is 89.9 Å². The minimum atomic E-state index is -4.53. The number of benzene rings is 1. The first kappa shape index (κ1) is 32.3. The van der Waals surface area contributed by atoms with E-state index in [4.69, 9.17) is 19.3 Å². The van der Waals surface area contributed by atoms with Gasteiger partial charge in [-0.1, -0.05) is 134 Å². The molecule has 0 spiro atoms. The number of unbranched alkanes of at least 4 members (excludes halogenated alkanes) is 15. The van der Waals surface area contributed by atoms with E-state index in [1.807, 2.05) is 30.3 Å². The van der Waals surface area contributed by atoms with Crippen LogP contribution < -0.4 is 0 Å². The minimum absolute atomic E-state index is 0.198. The van der Waals surface area contributed by atoms with Gasteiger partial charge in [-0.2, -0.15) is 0 Å².